The molecule has 1 N–H and O–H groups in total. The fourth-order valence-electron chi connectivity index (χ4n) is 2.11. The number of hydrogen-bond donors (Lipinski definition) is 1. The van der Waals surface area contributed by atoms with Gasteiger partial charge in [-0.2, -0.15) is 5.10 Å². The average molecular weight is 343 g/mol. The van der Waals surface area contributed by atoms with Gasteiger partial charge in [-0.1, -0.05) is 48.0 Å². The van der Waals surface area contributed by atoms with Crippen LogP contribution in [0, 0.1) is 0 Å². The minimum Gasteiger partial charge on any atom is -0.444 e. The zero-order chi connectivity index (χ0) is 16.9. The lowest BCUT2D eigenvalue weighted by atomic mass is 10.2. The van der Waals surface area contributed by atoms with E-state index in [-0.39, 0.29) is 6.61 Å². The van der Waals surface area contributed by atoms with Crippen molar-refractivity contribution in [3.63, 3.8) is 0 Å². The van der Waals surface area contributed by atoms with E-state index in [9.17, 15) is 4.79 Å². The number of amides is 1. The van der Waals surface area contributed by atoms with Gasteiger partial charge in [0.05, 0.1) is 17.5 Å². The van der Waals surface area contributed by atoms with E-state index in [4.69, 9.17) is 16.3 Å². The first-order chi connectivity index (χ1) is 11.6. The Hall–Kier alpha value is -2.86. The Balaban J connectivity index is 1.66. The van der Waals surface area contributed by atoms with E-state index >= 15 is 0 Å². The highest BCUT2D eigenvalue weighted by molar-refractivity contribution is 6.32. The fraction of sp³-hybridized carbons (Fsp3) is 0.118. The molecule has 3 aromatic rings. The predicted molar refractivity (Wildman–Crippen MR) is 91.7 cm³/mol. The van der Waals surface area contributed by atoms with Gasteiger partial charge in [0.2, 0.25) is 0 Å². The molecule has 7 heteroatoms. The Morgan fingerprint density at radius 3 is 2.71 bits per heavy atom. The lowest BCUT2D eigenvalue weighted by Gasteiger charge is -2.07. The number of rotatable bonds is 4. The van der Waals surface area contributed by atoms with Crippen molar-refractivity contribution in [1.82, 2.24) is 14.8 Å². The van der Waals surface area contributed by atoms with E-state index in [1.807, 2.05) is 30.3 Å². The van der Waals surface area contributed by atoms with Gasteiger partial charge in [0, 0.05) is 7.05 Å². The van der Waals surface area contributed by atoms with Gasteiger partial charge in [-0.3, -0.25) is 10.00 Å². The van der Waals surface area contributed by atoms with Crippen molar-refractivity contribution < 1.29 is 9.53 Å². The van der Waals surface area contributed by atoms with Crippen LogP contribution in [0.3, 0.4) is 0 Å². The molecule has 0 saturated carbocycles. The topological polar surface area (TPSA) is 69.0 Å². The Labute approximate surface area is 144 Å². The lowest BCUT2D eigenvalue weighted by Crippen LogP contribution is -2.14. The highest BCUT2D eigenvalue weighted by Crippen LogP contribution is 2.26. The molecule has 0 spiro atoms. The van der Waals surface area contributed by atoms with Crippen LogP contribution in [0.25, 0.3) is 11.3 Å². The number of pyridine rings is 1. The normalized spacial score (nSPS) is 10.4. The number of carbonyl (C=O) groups is 1. The van der Waals surface area contributed by atoms with Crippen LogP contribution in [-0.4, -0.2) is 20.9 Å². The van der Waals surface area contributed by atoms with Crippen LogP contribution in [0.4, 0.5) is 10.6 Å². The summed E-state index contributed by atoms with van der Waals surface area (Å²) in [5.41, 5.74) is 2.23. The molecule has 0 aliphatic carbocycles. The summed E-state index contributed by atoms with van der Waals surface area (Å²) in [6.07, 6.45) is 1.06. The summed E-state index contributed by atoms with van der Waals surface area (Å²) in [6.45, 7) is 0.195. The van der Waals surface area contributed by atoms with Crippen LogP contribution in [0.5, 0.6) is 0 Å². The number of hydrogen-bond acceptors (Lipinski definition) is 4. The standard InChI is InChI=1S/C17H15ClN4O2/c1-22-16(18)13(10-19-22)14-8-5-9-15(20-14)21-17(23)24-11-12-6-3-2-4-7-12/h2-10H,11H2,1H3,(H,20,21,23). The molecule has 0 aliphatic heterocycles. The Morgan fingerprint density at radius 1 is 1.21 bits per heavy atom. The molecule has 0 bridgehead atoms. The maximum absolute atomic E-state index is 11.9. The third kappa shape index (κ3) is 3.72. The van der Waals surface area contributed by atoms with Gasteiger partial charge in [-0.25, -0.2) is 9.78 Å². The van der Waals surface area contributed by atoms with Crippen molar-refractivity contribution in [3.05, 3.63) is 65.4 Å². The minimum atomic E-state index is -0.569. The predicted octanol–water partition coefficient (Wildman–Crippen LogP) is 3.88. The molecule has 0 aliphatic rings. The molecule has 3 rings (SSSR count). The molecule has 6 nitrogen and oxygen atoms in total. The summed E-state index contributed by atoms with van der Waals surface area (Å²) in [5, 5.41) is 7.16. The number of benzene rings is 1. The first-order valence-electron chi connectivity index (χ1n) is 7.26. The summed E-state index contributed by atoms with van der Waals surface area (Å²) in [4.78, 5) is 16.3. The molecule has 24 heavy (non-hydrogen) atoms. The molecule has 2 aromatic heterocycles. The number of aromatic nitrogens is 3. The van der Waals surface area contributed by atoms with Gasteiger partial charge in [0.25, 0.3) is 0 Å². The average Bonchev–Trinajstić information content (AvgIpc) is 2.93. The van der Waals surface area contributed by atoms with E-state index < -0.39 is 6.09 Å². The van der Waals surface area contributed by atoms with Crippen molar-refractivity contribution in [2.75, 3.05) is 5.32 Å². The number of nitrogens with one attached hydrogen (secondary N) is 1. The number of aryl methyl sites for hydroxylation is 1. The molecule has 0 saturated heterocycles. The number of anilines is 1. The summed E-state index contributed by atoms with van der Waals surface area (Å²) in [5.74, 6) is 0.380. The van der Waals surface area contributed by atoms with Crippen LogP contribution < -0.4 is 5.32 Å². The van der Waals surface area contributed by atoms with Gasteiger partial charge < -0.3 is 4.74 Å². The Bertz CT molecular complexity index is 849. The van der Waals surface area contributed by atoms with Gasteiger partial charge in [0.15, 0.2) is 0 Å². The van der Waals surface area contributed by atoms with Gasteiger partial charge in [-0.15, -0.1) is 0 Å². The highest BCUT2D eigenvalue weighted by Gasteiger charge is 2.11. The Morgan fingerprint density at radius 2 is 2.00 bits per heavy atom. The largest absolute Gasteiger partial charge is 0.444 e. The SMILES string of the molecule is Cn1ncc(-c2cccc(NC(=O)OCc3ccccc3)n2)c1Cl. The quantitative estimate of drug-likeness (QED) is 0.781. The summed E-state index contributed by atoms with van der Waals surface area (Å²) < 4.78 is 6.72. The number of halogens is 1. The highest BCUT2D eigenvalue weighted by atomic mass is 35.5. The van der Waals surface area contributed by atoms with Crippen LogP contribution in [0.15, 0.2) is 54.7 Å². The van der Waals surface area contributed by atoms with E-state index in [2.05, 4.69) is 15.4 Å². The van der Waals surface area contributed by atoms with E-state index in [1.54, 1.807) is 36.1 Å². The lowest BCUT2D eigenvalue weighted by molar-refractivity contribution is 0.155. The fourth-order valence-corrected chi connectivity index (χ4v) is 2.30. The van der Waals surface area contributed by atoms with Gasteiger partial charge in [0.1, 0.15) is 17.6 Å². The molecule has 122 valence electrons. The number of ether oxygens (including phenoxy) is 1. The molecule has 0 atom stereocenters. The van der Waals surface area contributed by atoms with Crippen LogP contribution in [0.2, 0.25) is 5.15 Å². The molecular formula is C17H15ClN4O2. The van der Waals surface area contributed by atoms with Crippen molar-refractivity contribution in [1.29, 1.82) is 0 Å². The van der Waals surface area contributed by atoms with Gasteiger partial charge >= 0.3 is 6.09 Å². The molecule has 0 fully saturated rings. The zero-order valence-electron chi connectivity index (χ0n) is 12.9. The summed E-state index contributed by atoms with van der Waals surface area (Å²) in [7, 11) is 1.74. The Kier molecular flexibility index (Phi) is 4.77. The number of nitrogens with zero attached hydrogens (tertiary/aromatic N) is 3. The van der Waals surface area contributed by atoms with Crippen molar-refractivity contribution in [3.8, 4) is 11.3 Å². The van der Waals surface area contributed by atoms with Crippen LogP contribution in [-0.2, 0) is 18.4 Å². The molecule has 0 unspecified atom stereocenters. The maximum atomic E-state index is 11.9. The van der Waals surface area contributed by atoms with Crippen molar-refractivity contribution in [2.45, 2.75) is 6.61 Å². The second-order valence-corrected chi connectivity index (χ2v) is 5.43. The summed E-state index contributed by atoms with van der Waals surface area (Å²) >= 11 is 6.17. The molecular weight excluding hydrogens is 328 g/mol. The number of carbonyl (C=O) groups excluding carboxylic acids is 1. The van der Waals surface area contributed by atoms with Crippen LogP contribution >= 0.6 is 11.6 Å². The first-order valence-corrected chi connectivity index (χ1v) is 7.64. The monoisotopic (exact) mass is 342 g/mol. The zero-order valence-corrected chi connectivity index (χ0v) is 13.7. The maximum Gasteiger partial charge on any atom is 0.413 e. The second kappa shape index (κ2) is 7.14. The van der Waals surface area contributed by atoms with E-state index in [0.717, 1.165) is 5.56 Å². The van der Waals surface area contributed by atoms with E-state index in [0.29, 0.717) is 22.2 Å². The minimum absolute atomic E-state index is 0.195. The third-order valence-corrected chi connectivity index (χ3v) is 3.78. The van der Waals surface area contributed by atoms with Crippen molar-refractivity contribution in [2.24, 2.45) is 7.05 Å². The second-order valence-electron chi connectivity index (χ2n) is 5.07. The summed E-state index contributed by atoms with van der Waals surface area (Å²) in [6, 6.07) is 14.7. The third-order valence-electron chi connectivity index (χ3n) is 3.33. The molecule has 1 aromatic carbocycles. The molecule has 2 heterocycles. The smallest absolute Gasteiger partial charge is 0.413 e. The van der Waals surface area contributed by atoms with Crippen molar-refractivity contribution >= 4 is 23.5 Å². The molecule has 1 amide bonds. The molecule has 0 radical (unpaired) electrons. The van der Waals surface area contributed by atoms with Gasteiger partial charge in [-0.05, 0) is 17.7 Å². The first kappa shape index (κ1) is 16.0. The van der Waals surface area contributed by atoms with E-state index in [1.165, 1.54) is 0 Å². The van der Waals surface area contributed by atoms with Crippen LogP contribution in [0.1, 0.15) is 5.56 Å².